The maximum absolute atomic E-state index is 12.1. The highest BCUT2D eigenvalue weighted by atomic mass is 35.5. The summed E-state index contributed by atoms with van der Waals surface area (Å²) in [5.41, 5.74) is 2.65. The number of aromatic nitrogens is 2. The van der Waals surface area contributed by atoms with E-state index >= 15 is 0 Å². The molecule has 0 saturated carbocycles. The smallest absolute Gasteiger partial charge is 0.269 e. The van der Waals surface area contributed by atoms with Crippen LogP contribution in [0.25, 0.3) is 0 Å². The maximum Gasteiger partial charge on any atom is 0.269 e. The lowest BCUT2D eigenvalue weighted by Gasteiger charge is -2.06. The van der Waals surface area contributed by atoms with Crippen LogP contribution in [0.15, 0.2) is 24.3 Å². The molecule has 2 N–H and O–H groups in total. The first-order valence-electron chi connectivity index (χ1n) is 6.10. The summed E-state index contributed by atoms with van der Waals surface area (Å²) in [6, 6.07) is 7.76. The lowest BCUT2D eigenvalue weighted by Crippen LogP contribution is -2.13. The number of nitrogens with one attached hydrogen (secondary N) is 2. The van der Waals surface area contributed by atoms with Crippen molar-refractivity contribution in [1.82, 2.24) is 14.9 Å². The van der Waals surface area contributed by atoms with Crippen molar-refractivity contribution in [3.63, 3.8) is 0 Å². The SMILES string of the molecule is CCc1nnsc1C(=O)Nc1cccc(CNC)c1.Cl. The molecule has 7 heteroatoms. The topological polar surface area (TPSA) is 66.9 Å². The Labute approximate surface area is 128 Å². The predicted octanol–water partition coefficient (Wildman–Crippen LogP) is 2.49. The zero-order valence-corrected chi connectivity index (χ0v) is 13.0. The third-order valence-electron chi connectivity index (χ3n) is 2.66. The van der Waals surface area contributed by atoms with Gasteiger partial charge < -0.3 is 10.6 Å². The quantitative estimate of drug-likeness (QED) is 0.890. The predicted molar refractivity (Wildman–Crippen MR) is 83.7 cm³/mol. The van der Waals surface area contributed by atoms with E-state index in [-0.39, 0.29) is 18.3 Å². The van der Waals surface area contributed by atoms with Crippen molar-refractivity contribution < 1.29 is 4.79 Å². The second-order valence-electron chi connectivity index (χ2n) is 4.09. The van der Waals surface area contributed by atoms with E-state index < -0.39 is 0 Å². The number of carbonyl (C=O) groups is 1. The van der Waals surface area contributed by atoms with Crippen LogP contribution in [0, 0.1) is 0 Å². The number of benzene rings is 1. The fourth-order valence-corrected chi connectivity index (χ4v) is 2.41. The summed E-state index contributed by atoms with van der Waals surface area (Å²) in [6.07, 6.45) is 0.707. The second kappa shape index (κ2) is 7.94. The van der Waals surface area contributed by atoms with Gasteiger partial charge in [-0.3, -0.25) is 4.79 Å². The first kappa shape index (κ1) is 16.6. The van der Waals surface area contributed by atoms with Crippen LogP contribution in [-0.2, 0) is 13.0 Å². The first-order valence-corrected chi connectivity index (χ1v) is 6.88. The van der Waals surface area contributed by atoms with E-state index in [1.54, 1.807) is 0 Å². The third kappa shape index (κ3) is 4.00. The molecule has 20 heavy (non-hydrogen) atoms. The van der Waals surface area contributed by atoms with E-state index in [1.165, 1.54) is 0 Å². The van der Waals surface area contributed by atoms with Gasteiger partial charge in [0.1, 0.15) is 4.88 Å². The van der Waals surface area contributed by atoms with Crippen LogP contribution in [0.1, 0.15) is 27.9 Å². The average Bonchev–Trinajstić information content (AvgIpc) is 2.88. The number of carbonyl (C=O) groups excluding carboxylic acids is 1. The molecule has 0 saturated heterocycles. The number of aryl methyl sites for hydroxylation is 1. The molecule has 0 spiro atoms. The standard InChI is InChI=1S/C13H16N4OS.ClH/c1-3-11-12(19-17-16-11)13(18)15-10-6-4-5-9(7-10)8-14-2;/h4-7,14H,3,8H2,1-2H3,(H,15,18);1H. The Bertz CT molecular complexity index is 573. The molecule has 0 unspecified atom stereocenters. The molecule has 1 aromatic carbocycles. The molecule has 1 aromatic heterocycles. The van der Waals surface area contributed by atoms with Gasteiger partial charge in [-0.2, -0.15) is 0 Å². The van der Waals surface area contributed by atoms with E-state index in [0.29, 0.717) is 11.3 Å². The van der Waals surface area contributed by atoms with Gasteiger partial charge in [0.15, 0.2) is 0 Å². The minimum absolute atomic E-state index is 0. The number of nitrogens with zero attached hydrogens (tertiary/aromatic N) is 2. The van der Waals surface area contributed by atoms with Gasteiger partial charge in [0.25, 0.3) is 5.91 Å². The zero-order valence-electron chi connectivity index (χ0n) is 11.3. The third-order valence-corrected chi connectivity index (χ3v) is 3.43. The highest BCUT2D eigenvalue weighted by Crippen LogP contribution is 2.16. The van der Waals surface area contributed by atoms with Gasteiger partial charge in [0.2, 0.25) is 0 Å². The number of rotatable bonds is 5. The number of halogens is 1. The molecular formula is C13H17ClN4OS. The Kier molecular flexibility index (Phi) is 6.57. The molecule has 1 amide bonds. The van der Waals surface area contributed by atoms with Crippen LogP contribution in [0.5, 0.6) is 0 Å². The highest BCUT2D eigenvalue weighted by molar-refractivity contribution is 7.08. The van der Waals surface area contributed by atoms with E-state index in [4.69, 9.17) is 0 Å². The summed E-state index contributed by atoms with van der Waals surface area (Å²) in [5.74, 6) is -0.145. The Morgan fingerprint density at radius 1 is 1.40 bits per heavy atom. The van der Waals surface area contributed by atoms with Crippen LogP contribution in [0.3, 0.4) is 0 Å². The normalized spacial score (nSPS) is 9.90. The van der Waals surface area contributed by atoms with Crippen LogP contribution >= 0.6 is 23.9 Å². The van der Waals surface area contributed by atoms with Gasteiger partial charge in [0, 0.05) is 12.2 Å². The lowest BCUT2D eigenvalue weighted by molar-refractivity contribution is 0.102. The number of amides is 1. The van der Waals surface area contributed by atoms with E-state index in [2.05, 4.69) is 20.2 Å². The number of hydrogen-bond donors (Lipinski definition) is 2. The monoisotopic (exact) mass is 312 g/mol. The van der Waals surface area contributed by atoms with Crippen LogP contribution in [0.4, 0.5) is 5.69 Å². The maximum atomic E-state index is 12.1. The minimum Gasteiger partial charge on any atom is -0.321 e. The Balaban J connectivity index is 0.00000200. The van der Waals surface area contributed by atoms with Crippen LogP contribution in [0.2, 0.25) is 0 Å². The summed E-state index contributed by atoms with van der Waals surface area (Å²) >= 11 is 1.13. The van der Waals surface area contributed by atoms with Crippen molar-refractivity contribution in [2.24, 2.45) is 0 Å². The zero-order chi connectivity index (χ0) is 13.7. The molecule has 1 heterocycles. The number of anilines is 1. The average molecular weight is 313 g/mol. The molecule has 0 aliphatic carbocycles. The highest BCUT2D eigenvalue weighted by Gasteiger charge is 2.14. The molecule has 2 aromatic rings. The molecule has 0 bridgehead atoms. The van der Waals surface area contributed by atoms with Gasteiger partial charge in [-0.1, -0.05) is 23.5 Å². The summed E-state index contributed by atoms with van der Waals surface area (Å²) in [5, 5.41) is 9.90. The van der Waals surface area contributed by atoms with Gasteiger partial charge in [-0.15, -0.1) is 17.5 Å². The first-order chi connectivity index (χ1) is 9.24. The molecule has 2 rings (SSSR count). The molecule has 108 valence electrons. The summed E-state index contributed by atoms with van der Waals surface area (Å²) in [7, 11) is 1.89. The summed E-state index contributed by atoms with van der Waals surface area (Å²) in [6.45, 7) is 2.73. The van der Waals surface area contributed by atoms with Crippen molar-refractivity contribution in [2.45, 2.75) is 19.9 Å². The molecule has 0 radical (unpaired) electrons. The second-order valence-corrected chi connectivity index (χ2v) is 4.84. The van der Waals surface area contributed by atoms with Gasteiger partial charge >= 0.3 is 0 Å². The van der Waals surface area contributed by atoms with Crippen LogP contribution in [-0.4, -0.2) is 22.5 Å². The van der Waals surface area contributed by atoms with Crippen molar-refractivity contribution in [3.05, 3.63) is 40.4 Å². The van der Waals surface area contributed by atoms with E-state index in [1.807, 2.05) is 38.2 Å². The molecular weight excluding hydrogens is 296 g/mol. The van der Waals surface area contributed by atoms with Crippen LogP contribution < -0.4 is 10.6 Å². The van der Waals surface area contributed by atoms with Crippen molar-refractivity contribution >= 4 is 35.5 Å². The molecule has 0 atom stereocenters. The minimum atomic E-state index is -0.145. The van der Waals surface area contributed by atoms with Crippen molar-refractivity contribution in [3.8, 4) is 0 Å². The molecule has 5 nitrogen and oxygen atoms in total. The molecule has 0 aliphatic rings. The summed E-state index contributed by atoms with van der Waals surface area (Å²) < 4.78 is 3.82. The summed E-state index contributed by atoms with van der Waals surface area (Å²) in [4.78, 5) is 12.7. The Morgan fingerprint density at radius 2 is 2.20 bits per heavy atom. The molecule has 0 fully saturated rings. The van der Waals surface area contributed by atoms with Crippen molar-refractivity contribution in [2.75, 3.05) is 12.4 Å². The van der Waals surface area contributed by atoms with E-state index in [9.17, 15) is 4.79 Å². The van der Waals surface area contributed by atoms with E-state index in [0.717, 1.165) is 35.0 Å². The van der Waals surface area contributed by atoms with Gasteiger partial charge in [0.05, 0.1) is 5.69 Å². The van der Waals surface area contributed by atoms with Crippen molar-refractivity contribution in [1.29, 1.82) is 0 Å². The fraction of sp³-hybridized carbons (Fsp3) is 0.308. The number of hydrogen-bond acceptors (Lipinski definition) is 5. The molecule has 0 aliphatic heterocycles. The Morgan fingerprint density at radius 3 is 2.90 bits per heavy atom. The van der Waals surface area contributed by atoms with Gasteiger partial charge in [-0.25, -0.2) is 0 Å². The van der Waals surface area contributed by atoms with Gasteiger partial charge in [-0.05, 0) is 42.7 Å². The largest absolute Gasteiger partial charge is 0.321 e. The lowest BCUT2D eigenvalue weighted by atomic mass is 10.2. The Hall–Kier alpha value is -1.50. The fourth-order valence-electron chi connectivity index (χ4n) is 1.76.